The molecule has 0 saturated heterocycles. The van der Waals surface area contributed by atoms with Crippen molar-refractivity contribution in [3.8, 4) is 5.75 Å². The smallest absolute Gasteiger partial charge is 0.227 e. The van der Waals surface area contributed by atoms with Gasteiger partial charge in [0.05, 0.1) is 13.5 Å². The van der Waals surface area contributed by atoms with E-state index in [4.69, 9.17) is 16.3 Å². The maximum atomic E-state index is 12.5. The number of methoxy groups -OCH3 is 1. The minimum absolute atomic E-state index is 0.0769. The van der Waals surface area contributed by atoms with Gasteiger partial charge in [0.1, 0.15) is 5.75 Å². The van der Waals surface area contributed by atoms with E-state index in [1.165, 1.54) is 0 Å². The molecule has 1 aromatic rings. The van der Waals surface area contributed by atoms with Crippen LogP contribution >= 0.6 is 11.6 Å². The first kappa shape index (κ1) is 17.1. The molecule has 0 atom stereocenters. The third kappa shape index (κ3) is 4.14. The molecule has 1 aliphatic rings. The molecule has 0 spiro atoms. The normalized spacial score (nSPS) is 21.5. The van der Waals surface area contributed by atoms with E-state index in [9.17, 15) is 9.90 Å². The van der Waals surface area contributed by atoms with Crippen molar-refractivity contribution >= 4 is 17.5 Å². The SMILES string of the molecule is COc1ccc(Cl)cc1CC(=O)N(C)C1CCC(CO)CC1. The fourth-order valence-corrected chi connectivity index (χ4v) is 3.29. The van der Waals surface area contributed by atoms with Crippen LogP contribution in [-0.2, 0) is 11.2 Å². The molecule has 0 aliphatic heterocycles. The Balaban J connectivity index is 1.98. The number of carbonyl (C=O) groups is 1. The first-order chi connectivity index (χ1) is 10.5. The van der Waals surface area contributed by atoms with Gasteiger partial charge < -0.3 is 14.7 Å². The molecule has 0 aromatic heterocycles. The highest BCUT2D eigenvalue weighted by Gasteiger charge is 2.26. The molecular formula is C17H24ClNO3. The summed E-state index contributed by atoms with van der Waals surface area (Å²) in [5, 5.41) is 9.80. The van der Waals surface area contributed by atoms with Gasteiger partial charge in [0, 0.05) is 30.3 Å². The summed E-state index contributed by atoms with van der Waals surface area (Å²) in [6.45, 7) is 0.254. The first-order valence-corrected chi connectivity index (χ1v) is 8.12. The van der Waals surface area contributed by atoms with Gasteiger partial charge in [0.2, 0.25) is 5.91 Å². The molecule has 0 heterocycles. The molecule has 1 fully saturated rings. The van der Waals surface area contributed by atoms with Crippen LogP contribution < -0.4 is 4.74 Å². The highest BCUT2D eigenvalue weighted by molar-refractivity contribution is 6.30. The van der Waals surface area contributed by atoms with Crippen LogP contribution in [0, 0.1) is 5.92 Å². The third-order valence-corrected chi connectivity index (χ3v) is 4.83. The topological polar surface area (TPSA) is 49.8 Å². The van der Waals surface area contributed by atoms with E-state index in [0.717, 1.165) is 31.2 Å². The van der Waals surface area contributed by atoms with Gasteiger partial charge in [0.15, 0.2) is 0 Å². The van der Waals surface area contributed by atoms with E-state index in [2.05, 4.69) is 0 Å². The van der Waals surface area contributed by atoms with Gasteiger partial charge in [-0.1, -0.05) is 11.6 Å². The monoisotopic (exact) mass is 325 g/mol. The second-order valence-corrected chi connectivity index (χ2v) is 6.43. The van der Waals surface area contributed by atoms with Crippen LogP contribution in [0.4, 0.5) is 0 Å². The Morgan fingerprint density at radius 2 is 2.05 bits per heavy atom. The second kappa shape index (κ2) is 7.84. The lowest BCUT2D eigenvalue weighted by molar-refractivity contribution is -0.132. The van der Waals surface area contributed by atoms with Gasteiger partial charge in [-0.3, -0.25) is 4.79 Å². The maximum Gasteiger partial charge on any atom is 0.227 e. The van der Waals surface area contributed by atoms with Gasteiger partial charge in [-0.25, -0.2) is 0 Å². The van der Waals surface area contributed by atoms with Gasteiger partial charge in [0.25, 0.3) is 0 Å². The predicted molar refractivity (Wildman–Crippen MR) is 87.3 cm³/mol. The Kier molecular flexibility index (Phi) is 6.09. The average molecular weight is 326 g/mol. The molecule has 2 rings (SSSR count). The summed E-state index contributed by atoms with van der Waals surface area (Å²) in [5.74, 6) is 1.16. The van der Waals surface area contributed by atoms with Crippen molar-refractivity contribution in [3.63, 3.8) is 0 Å². The lowest BCUT2D eigenvalue weighted by atomic mass is 9.86. The van der Waals surface area contributed by atoms with Crippen molar-refractivity contribution in [1.29, 1.82) is 0 Å². The van der Waals surface area contributed by atoms with Crippen LogP contribution in [-0.4, -0.2) is 42.7 Å². The molecule has 4 nitrogen and oxygen atoms in total. The van der Waals surface area contributed by atoms with E-state index in [1.54, 1.807) is 25.3 Å². The number of aliphatic hydroxyl groups excluding tert-OH is 1. The van der Waals surface area contributed by atoms with Crippen LogP contribution in [0.15, 0.2) is 18.2 Å². The Morgan fingerprint density at radius 3 is 2.64 bits per heavy atom. The number of hydrogen-bond donors (Lipinski definition) is 1. The standard InChI is InChI=1S/C17H24ClNO3/c1-19(15-6-3-12(11-20)4-7-15)17(21)10-13-9-14(18)5-8-16(13)22-2/h5,8-9,12,15,20H,3-4,6-7,10-11H2,1-2H3. The van der Waals surface area contributed by atoms with Crippen LogP contribution in [0.25, 0.3) is 0 Å². The number of carbonyl (C=O) groups excluding carboxylic acids is 1. The Morgan fingerprint density at radius 1 is 1.36 bits per heavy atom. The van der Waals surface area contributed by atoms with Crippen LogP contribution in [0.2, 0.25) is 5.02 Å². The van der Waals surface area contributed by atoms with Crippen molar-refractivity contribution in [1.82, 2.24) is 4.90 Å². The number of benzene rings is 1. The van der Waals surface area contributed by atoms with Gasteiger partial charge >= 0.3 is 0 Å². The van der Waals surface area contributed by atoms with Gasteiger partial charge in [-0.15, -0.1) is 0 Å². The van der Waals surface area contributed by atoms with Crippen molar-refractivity contribution in [3.05, 3.63) is 28.8 Å². The Labute approximate surface area is 137 Å². The number of amides is 1. The number of likely N-dealkylation sites (N-methyl/N-ethyl adjacent to an activating group) is 1. The minimum atomic E-state index is 0.0769. The van der Waals surface area contributed by atoms with Crippen molar-refractivity contribution < 1.29 is 14.6 Å². The van der Waals surface area contributed by atoms with E-state index in [1.807, 2.05) is 11.9 Å². The zero-order valence-electron chi connectivity index (χ0n) is 13.2. The summed E-state index contributed by atoms with van der Waals surface area (Å²) in [5.41, 5.74) is 0.816. The van der Waals surface area contributed by atoms with Crippen LogP contribution in [0.1, 0.15) is 31.2 Å². The van der Waals surface area contributed by atoms with E-state index in [0.29, 0.717) is 23.1 Å². The summed E-state index contributed by atoms with van der Waals surface area (Å²) >= 11 is 6.01. The number of rotatable bonds is 5. The summed E-state index contributed by atoms with van der Waals surface area (Å²) < 4.78 is 5.30. The molecule has 22 heavy (non-hydrogen) atoms. The number of nitrogens with zero attached hydrogens (tertiary/aromatic N) is 1. The molecular weight excluding hydrogens is 302 g/mol. The maximum absolute atomic E-state index is 12.5. The highest BCUT2D eigenvalue weighted by atomic mass is 35.5. The Bertz CT molecular complexity index is 513. The lowest BCUT2D eigenvalue weighted by Gasteiger charge is -2.34. The van der Waals surface area contributed by atoms with E-state index < -0.39 is 0 Å². The van der Waals surface area contributed by atoms with Crippen LogP contribution in [0.3, 0.4) is 0 Å². The van der Waals surface area contributed by atoms with Crippen molar-refractivity contribution in [2.24, 2.45) is 5.92 Å². The molecule has 5 heteroatoms. The summed E-state index contributed by atoms with van der Waals surface area (Å²) in [4.78, 5) is 14.4. The lowest BCUT2D eigenvalue weighted by Crippen LogP contribution is -2.40. The molecule has 1 amide bonds. The first-order valence-electron chi connectivity index (χ1n) is 7.74. The molecule has 1 aliphatic carbocycles. The molecule has 0 radical (unpaired) electrons. The average Bonchev–Trinajstić information content (AvgIpc) is 2.54. The quantitative estimate of drug-likeness (QED) is 0.905. The van der Waals surface area contributed by atoms with E-state index in [-0.39, 0.29) is 18.6 Å². The molecule has 122 valence electrons. The van der Waals surface area contributed by atoms with E-state index >= 15 is 0 Å². The zero-order valence-corrected chi connectivity index (χ0v) is 14.0. The number of halogens is 1. The molecule has 0 unspecified atom stereocenters. The predicted octanol–water partition coefficient (Wildman–Crippen LogP) is 2.90. The van der Waals surface area contributed by atoms with Gasteiger partial charge in [-0.05, 0) is 49.8 Å². The number of ether oxygens (including phenoxy) is 1. The van der Waals surface area contributed by atoms with Crippen molar-refractivity contribution in [2.45, 2.75) is 38.1 Å². The second-order valence-electron chi connectivity index (χ2n) is 5.99. The number of hydrogen-bond acceptors (Lipinski definition) is 3. The van der Waals surface area contributed by atoms with Crippen molar-refractivity contribution in [2.75, 3.05) is 20.8 Å². The van der Waals surface area contributed by atoms with Gasteiger partial charge in [-0.2, -0.15) is 0 Å². The third-order valence-electron chi connectivity index (χ3n) is 4.60. The summed E-state index contributed by atoms with van der Waals surface area (Å²) in [6.07, 6.45) is 4.18. The molecule has 1 aromatic carbocycles. The minimum Gasteiger partial charge on any atom is -0.496 e. The highest BCUT2D eigenvalue weighted by Crippen LogP contribution is 2.28. The molecule has 1 saturated carbocycles. The fraction of sp³-hybridized carbons (Fsp3) is 0.588. The summed E-state index contributed by atoms with van der Waals surface area (Å²) in [6, 6.07) is 5.60. The largest absolute Gasteiger partial charge is 0.496 e. The molecule has 0 bridgehead atoms. The number of aliphatic hydroxyl groups is 1. The molecule has 1 N–H and O–H groups in total. The fourth-order valence-electron chi connectivity index (χ4n) is 3.09. The zero-order chi connectivity index (χ0) is 16.1. The Hall–Kier alpha value is -1.26. The van der Waals surface area contributed by atoms with Crippen LogP contribution in [0.5, 0.6) is 5.75 Å². The summed E-state index contributed by atoms with van der Waals surface area (Å²) in [7, 11) is 3.46.